The number of hydrogen-bond donors (Lipinski definition) is 2. The van der Waals surface area contributed by atoms with Crippen LogP contribution in [0.4, 0.5) is 0 Å². The van der Waals surface area contributed by atoms with Crippen LogP contribution in [0.1, 0.15) is 31.7 Å². The molecule has 0 aliphatic carbocycles. The fraction of sp³-hybridized carbons (Fsp3) is 0.381. The van der Waals surface area contributed by atoms with Crippen molar-refractivity contribution in [2.45, 2.75) is 33.2 Å². The van der Waals surface area contributed by atoms with E-state index in [1.54, 1.807) is 0 Å². The van der Waals surface area contributed by atoms with Crippen LogP contribution in [0.2, 0.25) is 5.02 Å². The first-order valence-corrected chi connectivity index (χ1v) is 9.81. The van der Waals surface area contributed by atoms with Gasteiger partial charge in [0, 0.05) is 24.1 Å². The summed E-state index contributed by atoms with van der Waals surface area (Å²) in [5.41, 5.74) is 3.11. The number of ether oxygens (including phenoxy) is 2. The number of halogens is 1. The fourth-order valence-electron chi connectivity index (χ4n) is 2.98. The minimum atomic E-state index is 0.579. The van der Waals surface area contributed by atoms with Gasteiger partial charge < -0.3 is 19.8 Å². The lowest BCUT2D eigenvalue weighted by atomic mass is 10.2. The average molecular weight is 388 g/mol. The molecule has 0 aliphatic heterocycles. The van der Waals surface area contributed by atoms with E-state index in [0.717, 1.165) is 47.6 Å². The van der Waals surface area contributed by atoms with Crippen LogP contribution in [0.25, 0.3) is 11.0 Å². The molecule has 3 aromatic rings. The maximum Gasteiger partial charge on any atom is 0.162 e. The van der Waals surface area contributed by atoms with E-state index < -0.39 is 0 Å². The van der Waals surface area contributed by atoms with Crippen molar-refractivity contribution in [3.05, 3.63) is 52.8 Å². The summed E-state index contributed by atoms with van der Waals surface area (Å²) in [7, 11) is 0. The summed E-state index contributed by atoms with van der Waals surface area (Å²) in [6, 6.07) is 11.9. The molecule has 0 spiro atoms. The quantitative estimate of drug-likeness (QED) is 0.493. The van der Waals surface area contributed by atoms with Crippen molar-refractivity contribution in [2.75, 3.05) is 19.8 Å². The number of aromatic nitrogens is 2. The Labute approximate surface area is 165 Å². The van der Waals surface area contributed by atoms with Gasteiger partial charge in [-0.05, 0) is 50.6 Å². The van der Waals surface area contributed by atoms with Gasteiger partial charge in [-0.15, -0.1) is 0 Å². The van der Waals surface area contributed by atoms with Gasteiger partial charge in [0.25, 0.3) is 0 Å². The second kappa shape index (κ2) is 9.62. The standard InChI is InChI=1S/C21H26ClN3O2/c1-3-26-19-12-15(16(22)13-20(19)27-4-2)14-23-11-7-10-21-24-17-8-5-6-9-18(17)25-21/h5-6,8-9,12-13,23H,3-4,7,10-11,14H2,1-2H3,(H,24,25). The molecule has 0 aliphatic rings. The fourth-order valence-corrected chi connectivity index (χ4v) is 3.20. The van der Waals surface area contributed by atoms with E-state index in [0.29, 0.717) is 30.5 Å². The molecule has 0 amide bonds. The SMILES string of the molecule is CCOc1cc(Cl)c(CNCCCc2nc3ccccc3[nH]2)cc1OCC. The summed E-state index contributed by atoms with van der Waals surface area (Å²) in [5.74, 6) is 2.46. The van der Waals surface area contributed by atoms with Gasteiger partial charge >= 0.3 is 0 Å². The highest BCUT2D eigenvalue weighted by Gasteiger charge is 2.11. The number of imidazole rings is 1. The second-order valence-electron chi connectivity index (χ2n) is 6.24. The lowest BCUT2D eigenvalue weighted by Gasteiger charge is -2.14. The first kappa shape index (κ1) is 19.5. The molecule has 0 bridgehead atoms. The third-order valence-corrected chi connectivity index (χ3v) is 4.59. The number of nitrogens with zero attached hydrogens (tertiary/aromatic N) is 1. The smallest absolute Gasteiger partial charge is 0.162 e. The molecule has 27 heavy (non-hydrogen) atoms. The first-order valence-electron chi connectivity index (χ1n) is 9.43. The van der Waals surface area contributed by atoms with Crippen LogP contribution in [-0.2, 0) is 13.0 Å². The Morgan fingerprint density at radius 3 is 2.56 bits per heavy atom. The summed E-state index contributed by atoms with van der Waals surface area (Å²) in [6.07, 6.45) is 1.90. The molecule has 0 saturated heterocycles. The molecular formula is C21H26ClN3O2. The largest absolute Gasteiger partial charge is 0.490 e. The van der Waals surface area contributed by atoms with E-state index in [4.69, 9.17) is 21.1 Å². The van der Waals surface area contributed by atoms with Crippen LogP contribution in [0, 0.1) is 0 Å². The van der Waals surface area contributed by atoms with Gasteiger partial charge in [0.1, 0.15) is 5.82 Å². The highest BCUT2D eigenvalue weighted by molar-refractivity contribution is 6.31. The highest BCUT2D eigenvalue weighted by Crippen LogP contribution is 2.33. The zero-order valence-electron chi connectivity index (χ0n) is 15.8. The van der Waals surface area contributed by atoms with Crippen LogP contribution in [-0.4, -0.2) is 29.7 Å². The van der Waals surface area contributed by atoms with E-state index in [9.17, 15) is 0 Å². The van der Waals surface area contributed by atoms with Crippen molar-refractivity contribution < 1.29 is 9.47 Å². The molecule has 144 valence electrons. The normalized spacial score (nSPS) is 11.1. The summed E-state index contributed by atoms with van der Waals surface area (Å²) < 4.78 is 11.3. The molecule has 0 saturated carbocycles. The number of H-pyrrole nitrogens is 1. The van der Waals surface area contributed by atoms with E-state index in [-0.39, 0.29) is 0 Å². The predicted octanol–water partition coefficient (Wildman–Crippen LogP) is 4.74. The van der Waals surface area contributed by atoms with Crippen LogP contribution in [0.5, 0.6) is 11.5 Å². The molecule has 5 nitrogen and oxygen atoms in total. The third-order valence-electron chi connectivity index (χ3n) is 4.23. The van der Waals surface area contributed by atoms with E-state index in [2.05, 4.69) is 15.3 Å². The lowest BCUT2D eigenvalue weighted by Crippen LogP contribution is -2.16. The number of aryl methyl sites for hydroxylation is 1. The van der Waals surface area contributed by atoms with Crippen molar-refractivity contribution in [2.24, 2.45) is 0 Å². The molecule has 2 N–H and O–H groups in total. The van der Waals surface area contributed by atoms with E-state index in [1.165, 1.54) is 0 Å². The first-order chi connectivity index (χ1) is 13.2. The summed E-state index contributed by atoms with van der Waals surface area (Å²) in [4.78, 5) is 7.97. The van der Waals surface area contributed by atoms with Crippen molar-refractivity contribution in [1.82, 2.24) is 15.3 Å². The number of para-hydroxylation sites is 2. The van der Waals surface area contributed by atoms with Gasteiger partial charge in [-0.25, -0.2) is 4.98 Å². The maximum absolute atomic E-state index is 6.40. The van der Waals surface area contributed by atoms with Gasteiger partial charge in [0.2, 0.25) is 0 Å². The highest BCUT2D eigenvalue weighted by atomic mass is 35.5. The number of benzene rings is 2. The molecule has 6 heteroatoms. The molecule has 0 unspecified atom stereocenters. The van der Waals surface area contributed by atoms with Crippen molar-refractivity contribution >= 4 is 22.6 Å². The topological polar surface area (TPSA) is 59.2 Å². The number of fused-ring (bicyclic) bond motifs is 1. The number of aromatic amines is 1. The molecule has 2 aromatic carbocycles. The Bertz CT molecular complexity index is 846. The van der Waals surface area contributed by atoms with Crippen molar-refractivity contribution in [3.8, 4) is 11.5 Å². The number of nitrogens with one attached hydrogen (secondary N) is 2. The van der Waals surface area contributed by atoms with Gasteiger partial charge in [0.15, 0.2) is 11.5 Å². The van der Waals surface area contributed by atoms with Crippen LogP contribution in [0.3, 0.4) is 0 Å². The average Bonchev–Trinajstić information content (AvgIpc) is 3.08. The number of rotatable bonds is 10. The van der Waals surface area contributed by atoms with Crippen molar-refractivity contribution in [1.29, 1.82) is 0 Å². The molecule has 0 radical (unpaired) electrons. The van der Waals surface area contributed by atoms with Gasteiger partial charge in [-0.3, -0.25) is 0 Å². The summed E-state index contributed by atoms with van der Waals surface area (Å²) in [5, 5.41) is 4.13. The molecule has 0 atom stereocenters. The second-order valence-corrected chi connectivity index (χ2v) is 6.64. The Balaban J connectivity index is 1.51. The molecular weight excluding hydrogens is 362 g/mol. The summed E-state index contributed by atoms with van der Waals surface area (Å²) in [6.45, 7) is 6.64. The Morgan fingerprint density at radius 2 is 1.81 bits per heavy atom. The predicted molar refractivity (Wildman–Crippen MR) is 110 cm³/mol. The third kappa shape index (κ3) is 5.15. The molecule has 0 fully saturated rings. The number of hydrogen-bond acceptors (Lipinski definition) is 4. The Kier molecular flexibility index (Phi) is 6.96. The summed E-state index contributed by atoms with van der Waals surface area (Å²) >= 11 is 6.40. The monoisotopic (exact) mass is 387 g/mol. The zero-order chi connectivity index (χ0) is 19.1. The maximum atomic E-state index is 6.40. The molecule has 1 aromatic heterocycles. The lowest BCUT2D eigenvalue weighted by molar-refractivity contribution is 0.287. The minimum Gasteiger partial charge on any atom is -0.490 e. The Morgan fingerprint density at radius 1 is 1.07 bits per heavy atom. The van der Waals surface area contributed by atoms with Crippen LogP contribution < -0.4 is 14.8 Å². The molecule has 1 heterocycles. The van der Waals surface area contributed by atoms with Crippen LogP contribution in [0.15, 0.2) is 36.4 Å². The van der Waals surface area contributed by atoms with Gasteiger partial charge in [-0.2, -0.15) is 0 Å². The minimum absolute atomic E-state index is 0.579. The van der Waals surface area contributed by atoms with Crippen LogP contribution >= 0.6 is 11.6 Å². The Hall–Kier alpha value is -2.24. The van der Waals surface area contributed by atoms with Gasteiger partial charge in [-0.1, -0.05) is 23.7 Å². The van der Waals surface area contributed by atoms with Crippen molar-refractivity contribution in [3.63, 3.8) is 0 Å². The molecule has 3 rings (SSSR count). The van der Waals surface area contributed by atoms with E-state index >= 15 is 0 Å². The van der Waals surface area contributed by atoms with Gasteiger partial charge in [0.05, 0.1) is 24.2 Å². The van der Waals surface area contributed by atoms with E-state index in [1.807, 2.05) is 50.2 Å². The zero-order valence-corrected chi connectivity index (χ0v) is 16.6.